The molecule has 2 rings (SSSR count). The van der Waals surface area contributed by atoms with Crippen molar-refractivity contribution in [3.05, 3.63) is 24.5 Å². The number of nitrogens with zero attached hydrogens (tertiary/aromatic N) is 2. The smallest absolute Gasteiger partial charge is 0.259 e. The van der Waals surface area contributed by atoms with Gasteiger partial charge in [-0.3, -0.25) is 5.10 Å². The summed E-state index contributed by atoms with van der Waals surface area (Å²) in [5.41, 5.74) is 0. The van der Waals surface area contributed by atoms with Gasteiger partial charge in [0, 0.05) is 12.3 Å². The molecule has 56 valence electrons. The zero-order chi connectivity index (χ0) is 7.52. The number of nitrogens with one attached hydrogen (secondary N) is 2. The minimum atomic E-state index is 0.451. The Morgan fingerprint density at radius 3 is 3.09 bits per heavy atom. The van der Waals surface area contributed by atoms with Crippen molar-refractivity contribution in [3.63, 3.8) is 0 Å². The molecular weight excluding hydrogens is 144 g/mol. The molecule has 0 fully saturated rings. The molecule has 5 nitrogen and oxygen atoms in total. The summed E-state index contributed by atoms with van der Waals surface area (Å²) in [5.74, 6) is 1.10. The van der Waals surface area contributed by atoms with Crippen molar-refractivity contribution in [2.24, 2.45) is 0 Å². The molecule has 11 heavy (non-hydrogen) atoms. The van der Waals surface area contributed by atoms with Crippen LogP contribution in [0.5, 0.6) is 11.8 Å². The molecule has 0 saturated heterocycles. The number of aromatic amines is 2. The summed E-state index contributed by atoms with van der Waals surface area (Å²) in [7, 11) is 0. The first kappa shape index (κ1) is 5.96. The predicted molar refractivity (Wildman–Crippen MR) is 37.2 cm³/mol. The van der Waals surface area contributed by atoms with Gasteiger partial charge in [0.25, 0.3) is 5.88 Å². The van der Waals surface area contributed by atoms with Crippen molar-refractivity contribution < 1.29 is 4.74 Å². The van der Waals surface area contributed by atoms with E-state index in [-0.39, 0.29) is 0 Å². The van der Waals surface area contributed by atoms with Gasteiger partial charge >= 0.3 is 0 Å². The van der Waals surface area contributed by atoms with Gasteiger partial charge in [0.2, 0.25) is 0 Å². The molecule has 2 aromatic heterocycles. The van der Waals surface area contributed by atoms with E-state index in [2.05, 4.69) is 20.4 Å². The van der Waals surface area contributed by atoms with E-state index < -0.39 is 0 Å². The zero-order valence-electron chi connectivity index (χ0n) is 5.61. The molecule has 0 unspecified atom stereocenters. The lowest BCUT2D eigenvalue weighted by Gasteiger charge is -1.93. The van der Waals surface area contributed by atoms with Crippen molar-refractivity contribution in [2.75, 3.05) is 0 Å². The van der Waals surface area contributed by atoms with Gasteiger partial charge < -0.3 is 9.72 Å². The molecule has 2 heterocycles. The molecular formula is C6H6N4O. The van der Waals surface area contributed by atoms with Crippen LogP contribution in [0.4, 0.5) is 0 Å². The molecule has 0 amide bonds. The quantitative estimate of drug-likeness (QED) is 0.669. The summed E-state index contributed by atoms with van der Waals surface area (Å²) in [5, 5.41) is 9.67. The summed E-state index contributed by atoms with van der Waals surface area (Å²) in [4.78, 5) is 2.87. The standard InChI is InChI=1S/C6H6N4O/c1-2-5(7-3-1)11-6-4-8-10-9-6/h1-4,7H,(H,8,9,10). The van der Waals surface area contributed by atoms with E-state index in [1.165, 1.54) is 0 Å². The number of H-pyrrole nitrogens is 2. The van der Waals surface area contributed by atoms with Gasteiger partial charge in [-0.25, -0.2) is 0 Å². The molecule has 0 aliphatic heterocycles. The molecule has 0 aromatic carbocycles. The van der Waals surface area contributed by atoms with Gasteiger partial charge in [-0.2, -0.15) is 0 Å². The monoisotopic (exact) mass is 150 g/mol. The Morgan fingerprint density at radius 2 is 2.45 bits per heavy atom. The summed E-state index contributed by atoms with van der Waals surface area (Å²) >= 11 is 0. The van der Waals surface area contributed by atoms with E-state index in [9.17, 15) is 0 Å². The average Bonchev–Trinajstić information content (AvgIpc) is 2.60. The fraction of sp³-hybridized carbons (Fsp3) is 0. The second-order valence-electron chi connectivity index (χ2n) is 1.95. The highest BCUT2D eigenvalue weighted by Gasteiger charge is 1.97. The van der Waals surface area contributed by atoms with E-state index in [1.54, 1.807) is 18.5 Å². The van der Waals surface area contributed by atoms with Crippen LogP contribution in [-0.2, 0) is 0 Å². The maximum Gasteiger partial charge on any atom is 0.259 e. The molecule has 0 aliphatic rings. The maximum atomic E-state index is 5.20. The highest BCUT2D eigenvalue weighted by molar-refractivity contribution is 5.16. The van der Waals surface area contributed by atoms with Crippen LogP contribution in [0.2, 0.25) is 0 Å². The van der Waals surface area contributed by atoms with Crippen LogP contribution >= 0.6 is 0 Å². The van der Waals surface area contributed by atoms with Gasteiger partial charge in [0.15, 0.2) is 5.88 Å². The molecule has 0 spiro atoms. The number of hydrogen-bond acceptors (Lipinski definition) is 3. The third-order valence-corrected chi connectivity index (χ3v) is 1.18. The van der Waals surface area contributed by atoms with Crippen molar-refractivity contribution in [1.82, 2.24) is 20.4 Å². The maximum absolute atomic E-state index is 5.20. The Kier molecular flexibility index (Phi) is 1.33. The fourth-order valence-electron chi connectivity index (χ4n) is 0.731. The lowest BCUT2D eigenvalue weighted by molar-refractivity contribution is 0.446. The van der Waals surface area contributed by atoms with E-state index in [1.807, 2.05) is 6.07 Å². The Bertz CT molecular complexity index is 267. The minimum Gasteiger partial charge on any atom is -0.419 e. The second-order valence-corrected chi connectivity index (χ2v) is 1.95. The van der Waals surface area contributed by atoms with Gasteiger partial charge in [0.05, 0.1) is 6.20 Å². The van der Waals surface area contributed by atoms with E-state index in [0.29, 0.717) is 11.8 Å². The van der Waals surface area contributed by atoms with Crippen LogP contribution in [0.15, 0.2) is 24.5 Å². The third kappa shape index (κ3) is 1.21. The van der Waals surface area contributed by atoms with Crippen molar-refractivity contribution in [3.8, 4) is 11.8 Å². The Hall–Kier alpha value is -1.78. The van der Waals surface area contributed by atoms with Crippen molar-refractivity contribution in [2.45, 2.75) is 0 Å². The molecule has 5 heteroatoms. The first-order chi connectivity index (χ1) is 5.45. The first-order valence-corrected chi connectivity index (χ1v) is 3.13. The van der Waals surface area contributed by atoms with Crippen LogP contribution in [0, 0.1) is 0 Å². The molecule has 2 aromatic rings. The van der Waals surface area contributed by atoms with Crippen LogP contribution in [0.25, 0.3) is 0 Å². The lowest BCUT2D eigenvalue weighted by atomic mass is 10.6. The van der Waals surface area contributed by atoms with Crippen LogP contribution < -0.4 is 4.74 Å². The molecule has 0 saturated carbocycles. The van der Waals surface area contributed by atoms with Gasteiger partial charge in [-0.05, 0) is 6.07 Å². The fourth-order valence-corrected chi connectivity index (χ4v) is 0.731. The zero-order valence-corrected chi connectivity index (χ0v) is 5.61. The van der Waals surface area contributed by atoms with Crippen LogP contribution in [0.1, 0.15) is 0 Å². The SMILES string of the molecule is c1c[nH]c(Oc2c[nH]nn2)c1. The molecule has 0 bridgehead atoms. The lowest BCUT2D eigenvalue weighted by Crippen LogP contribution is -1.82. The molecule has 0 radical (unpaired) electrons. The van der Waals surface area contributed by atoms with Crippen LogP contribution in [0.3, 0.4) is 0 Å². The number of rotatable bonds is 2. The topological polar surface area (TPSA) is 66.6 Å². The predicted octanol–water partition coefficient (Wildman–Crippen LogP) is 0.925. The Labute approximate surface area is 62.4 Å². The molecule has 2 N–H and O–H groups in total. The average molecular weight is 150 g/mol. The largest absolute Gasteiger partial charge is 0.419 e. The van der Waals surface area contributed by atoms with E-state index >= 15 is 0 Å². The van der Waals surface area contributed by atoms with E-state index in [4.69, 9.17) is 4.74 Å². The summed E-state index contributed by atoms with van der Waals surface area (Å²) in [6.45, 7) is 0. The molecule has 0 atom stereocenters. The summed E-state index contributed by atoms with van der Waals surface area (Å²) in [6, 6.07) is 3.64. The number of ether oxygens (including phenoxy) is 1. The highest BCUT2D eigenvalue weighted by atomic mass is 16.5. The third-order valence-electron chi connectivity index (χ3n) is 1.18. The number of hydrogen-bond donors (Lipinski definition) is 2. The number of aromatic nitrogens is 4. The van der Waals surface area contributed by atoms with Crippen molar-refractivity contribution >= 4 is 0 Å². The molecule has 0 aliphatic carbocycles. The van der Waals surface area contributed by atoms with Gasteiger partial charge in [-0.1, -0.05) is 10.3 Å². The summed E-state index contributed by atoms with van der Waals surface area (Å²) in [6.07, 6.45) is 3.34. The summed E-state index contributed by atoms with van der Waals surface area (Å²) < 4.78 is 5.20. The minimum absolute atomic E-state index is 0.451. The van der Waals surface area contributed by atoms with Gasteiger partial charge in [0.1, 0.15) is 0 Å². The normalized spacial score (nSPS) is 9.82. The highest BCUT2D eigenvalue weighted by Crippen LogP contribution is 2.13. The van der Waals surface area contributed by atoms with Gasteiger partial charge in [-0.15, -0.1) is 0 Å². The second kappa shape index (κ2) is 2.45. The van der Waals surface area contributed by atoms with Crippen LogP contribution in [-0.4, -0.2) is 20.4 Å². The van der Waals surface area contributed by atoms with Crippen molar-refractivity contribution in [1.29, 1.82) is 0 Å². The van der Waals surface area contributed by atoms with E-state index in [0.717, 1.165) is 0 Å². The Morgan fingerprint density at radius 1 is 1.45 bits per heavy atom. The Balaban J connectivity index is 2.14. The first-order valence-electron chi connectivity index (χ1n) is 3.13.